The van der Waals surface area contributed by atoms with E-state index in [0.29, 0.717) is 31.3 Å². The molecule has 2 amide bonds. The highest BCUT2D eigenvalue weighted by atomic mass is 16.5. The van der Waals surface area contributed by atoms with E-state index in [1.54, 1.807) is 7.11 Å². The van der Waals surface area contributed by atoms with Crippen LogP contribution in [0.3, 0.4) is 0 Å². The molecular formula is C20H24N2O4. The van der Waals surface area contributed by atoms with Gasteiger partial charge >= 0.3 is 6.03 Å². The Bertz CT molecular complexity index is 763. The smallest absolute Gasteiger partial charge is 0.315 e. The predicted octanol–water partition coefficient (Wildman–Crippen LogP) is 2.90. The molecule has 2 N–H and O–H groups in total. The number of hydrogen-bond donors (Lipinski definition) is 2. The fraction of sp³-hybridized carbons (Fsp3) is 0.350. The molecule has 0 unspecified atom stereocenters. The van der Waals surface area contributed by atoms with Crippen molar-refractivity contribution in [2.75, 3.05) is 20.3 Å². The molecule has 1 heterocycles. The number of ether oxygens (including phenoxy) is 3. The summed E-state index contributed by atoms with van der Waals surface area (Å²) in [5, 5.41) is 5.83. The van der Waals surface area contributed by atoms with Gasteiger partial charge in [-0.05, 0) is 42.7 Å². The molecule has 6 heteroatoms. The van der Waals surface area contributed by atoms with Crippen LogP contribution in [0.5, 0.6) is 17.2 Å². The first-order valence-electron chi connectivity index (χ1n) is 8.74. The lowest BCUT2D eigenvalue weighted by molar-refractivity contribution is 0.214. The van der Waals surface area contributed by atoms with E-state index in [9.17, 15) is 4.79 Å². The molecule has 1 aliphatic rings. The Balaban J connectivity index is 1.52. The molecule has 0 aromatic heterocycles. The molecule has 2 aromatic rings. The summed E-state index contributed by atoms with van der Waals surface area (Å²) in [6.07, 6.45) is 0.764. The van der Waals surface area contributed by atoms with Crippen LogP contribution in [-0.2, 0) is 13.0 Å². The van der Waals surface area contributed by atoms with E-state index in [1.165, 1.54) is 0 Å². The van der Waals surface area contributed by atoms with Crippen LogP contribution in [0.1, 0.15) is 18.1 Å². The largest absolute Gasteiger partial charge is 0.493 e. The number of carbonyl (C=O) groups is 1. The second kappa shape index (κ2) is 8.47. The number of carbonyl (C=O) groups excluding carboxylic acids is 1. The summed E-state index contributed by atoms with van der Waals surface area (Å²) in [6.45, 7) is 3.37. The van der Waals surface area contributed by atoms with Crippen molar-refractivity contribution in [2.45, 2.75) is 25.9 Å². The van der Waals surface area contributed by atoms with Gasteiger partial charge in [0, 0.05) is 6.54 Å². The fourth-order valence-corrected chi connectivity index (χ4v) is 2.94. The minimum absolute atomic E-state index is 0.0419. The van der Waals surface area contributed by atoms with Gasteiger partial charge in [-0.25, -0.2) is 4.79 Å². The van der Waals surface area contributed by atoms with Gasteiger partial charge in [0.2, 0.25) is 0 Å². The SMILES string of the molecule is CCOc1ccc(CNC(=O)N[C@@H]2COc3ccccc3C2)cc1OC. The molecule has 0 radical (unpaired) electrons. The monoisotopic (exact) mass is 356 g/mol. The van der Waals surface area contributed by atoms with Gasteiger partial charge in [-0.3, -0.25) is 0 Å². The summed E-state index contributed by atoms with van der Waals surface area (Å²) in [5.74, 6) is 2.25. The molecule has 6 nitrogen and oxygen atoms in total. The normalized spacial score (nSPS) is 15.4. The molecule has 0 bridgehead atoms. The molecule has 0 aliphatic carbocycles. The highest BCUT2D eigenvalue weighted by Crippen LogP contribution is 2.28. The van der Waals surface area contributed by atoms with E-state index >= 15 is 0 Å². The predicted molar refractivity (Wildman–Crippen MR) is 99.0 cm³/mol. The lowest BCUT2D eigenvalue weighted by atomic mass is 10.0. The maximum atomic E-state index is 12.2. The number of urea groups is 1. The van der Waals surface area contributed by atoms with Gasteiger partial charge in [-0.2, -0.15) is 0 Å². The summed E-state index contributed by atoms with van der Waals surface area (Å²) >= 11 is 0. The van der Waals surface area contributed by atoms with Gasteiger partial charge in [0.1, 0.15) is 12.4 Å². The molecule has 138 valence electrons. The Labute approximate surface area is 153 Å². The summed E-state index contributed by atoms with van der Waals surface area (Å²) < 4.78 is 16.5. The zero-order valence-electron chi connectivity index (χ0n) is 15.1. The lowest BCUT2D eigenvalue weighted by Gasteiger charge is -2.26. The highest BCUT2D eigenvalue weighted by molar-refractivity contribution is 5.74. The third-order valence-corrected chi connectivity index (χ3v) is 4.20. The number of methoxy groups -OCH3 is 1. The van der Waals surface area contributed by atoms with Crippen molar-refractivity contribution in [1.82, 2.24) is 10.6 Å². The zero-order valence-corrected chi connectivity index (χ0v) is 15.1. The Morgan fingerprint density at radius 2 is 2.08 bits per heavy atom. The minimum atomic E-state index is -0.217. The molecule has 3 rings (SSSR count). The molecular weight excluding hydrogens is 332 g/mol. The summed E-state index contributed by atoms with van der Waals surface area (Å²) in [6, 6.07) is 13.3. The zero-order chi connectivity index (χ0) is 18.4. The molecule has 0 saturated carbocycles. The third kappa shape index (κ3) is 4.39. The van der Waals surface area contributed by atoms with Crippen molar-refractivity contribution in [2.24, 2.45) is 0 Å². The van der Waals surface area contributed by atoms with Crippen LogP contribution in [-0.4, -0.2) is 32.4 Å². The maximum absolute atomic E-state index is 12.2. The van der Waals surface area contributed by atoms with Crippen LogP contribution >= 0.6 is 0 Å². The van der Waals surface area contributed by atoms with E-state index < -0.39 is 0 Å². The van der Waals surface area contributed by atoms with Gasteiger partial charge in [0.15, 0.2) is 11.5 Å². The molecule has 26 heavy (non-hydrogen) atoms. The van der Waals surface area contributed by atoms with E-state index in [-0.39, 0.29) is 12.1 Å². The molecule has 0 fully saturated rings. The van der Waals surface area contributed by atoms with Gasteiger partial charge in [-0.15, -0.1) is 0 Å². The van der Waals surface area contributed by atoms with Crippen molar-refractivity contribution >= 4 is 6.03 Å². The van der Waals surface area contributed by atoms with Crippen molar-refractivity contribution in [3.8, 4) is 17.2 Å². The van der Waals surface area contributed by atoms with E-state index in [2.05, 4.69) is 10.6 Å². The standard InChI is InChI=1S/C20H24N2O4/c1-3-25-18-9-8-14(10-19(18)24-2)12-21-20(23)22-16-11-15-6-4-5-7-17(15)26-13-16/h4-10,16H,3,11-13H2,1-2H3,(H2,21,22,23)/t16-/m0/s1. The lowest BCUT2D eigenvalue weighted by Crippen LogP contribution is -2.47. The van der Waals surface area contributed by atoms with E-state index in [1.807, 2.05) is 49.4 Å². The number of benzene rings is 2. The van der Waals surface area contributed by atoms with Crippen molar-refractivity contribution in [3.63, 3.8) is 0 Å². The van der Waals surface area contributed by atoms with Gasteiger partial charge in [-0.1, -0.05) is 24.3 Å². The topological polar surface area (TPSA) is 68.8 Å². The summed E-state index contributed by atoms with van der Waals surface area (Å²) in [4.78, 5) is 12.2. The van der Waals surface area contributed by atoms with Crippen molar-refractivity contribution in [1.29, 1.82) is 0 Å². The Hall–Kier alpha value is -2.89. The number of hydrogen-bond acceptors (Lipinski definition) is 4. The van der Waals surface area contributed by atoms with Crippen molar-refractivity contribution < 1.29 is 19.0 Å². The first-order valence-corrected chi connectivity index (χ1v) is 8.74. The van der Waals surface area contributed by atoms with E-state index in [0.717, 1.165) is 23.3 Å². The Morgan fingerprint density at radius 3 is 2.88 bits per heavy atom. The molecule has 2 aromatic carbocycles. The molecule has 0 spiro atoms. The fourth-order valence-electron chi connectivity index (χ4n) is 2.94. The number of para-hydroxylation sites is 1. The highest BCUT2D eigenvalue weighted by Gasteiger charge is 2.20. The number of amides is 2. The molecule has 1 atom stereocenters. The van der Waals surface area contributed by atoms with Gasteiger partial charge < -0.3 is 24.8 Å². The van der Waals surface area contributed by atoms with Crippen LogP contribution < -0.4 is 24.8 Å². The van der Waals surface area contributed by atoms with Gasteiger partial charge in [0.05, 0.1) is 19.8 Å². The van der Waals surface area contributed by atoms with Crippen LogP contribution in [0.4, 0.5) is 4.79 Å². The summed E-state index contributed by atoms with van der Waals surface area (Å²) in [5.41, 5.74) is 2.05. The Morgan fingerprint density at radius 1 is 1.23 bits per heavy atom. The second-order valence-corrected chi connectivity index (χ2v) is 6.07. The maximum Gasteiger partial charge on any atom is 0.315 e. The first-order chi connectivity index (χ1) is 12.7. The molecule has 1 aliphatic heterocycles. The van der Waals surface area contributed by atoms with Gasteiger partial charge in [0.25, 0.3) is 0 Å². The second-order valence-electron chi connectivity index (χ2n) is 6.07. The average molecular weight is 356 g/mol. The van der Waals surface area contributed by atoms with E-state index in [4.69, 9.17) is 14.2 Å². The van der Waals surface area contributed by atoms with Crippen molar-refractivity contribution in [3.05, 3.63) is 53.6 Å². The number of rotatable bonds is 6. The summed E-state index contributed by atoms with van der Waals surface area (Å²) in [7, 11) is 1.60. The average Bonchev–Trinajstić information content (AvgIpc) is 2.67. The number of fused-ring (bicyclic) bond motifs is 1. The Kier molecular flexibility index (Phi) is 5.84. The third-order valence-electron chi connectivity index (χ3n) is 4.20. The van der Waals surface area contributed by atoms with Crippen LogP contribution in [0.25, 0.3) is 0 Å². The molecule has 0 saturated heterocycles. The van der Waals surface area contributed by atoms with Crippen LogP contribution in [0.15, 0.2) is 42.5 Å². The van der Waals surface area contributed by atoms with Crippen LogP contribution in [0, 0.1) is 0 Å². The number of nitrogens with one attached hydrogen (secondary N) is 2. The quantitative estimate of drug-likeness (QED) is 0.835. The van der Waals surface area contributed by atoms with Crippen LogP contribution in [0.2, 0.25) is 0 Å². The first kappa shape index (κ1) is 17.9. The minimum Gasteiger partial charge on any atom is -0.493 e.